The van der Waals surface area contributed by atoms with Gasteiger partial charge in [0, 0.05) is 18.1 Å². The van der Waals surface area contributed by atoms with Crippen LogP contribution < -0.4 is 5.32 Å². The molecular weight excluding hydrogens is 245 g/mol. The fraction of sp³-hybridized carbons (Fsp3) is 0.0833. The molecule has 0 bridgehead atoms. The van der Waals surface area contributed by atoms with Crippen LogP contribution in [-0.2, 0) is 6.18 Å². The van der Waals surface area contributed by atoms with E-state index in [1.807, 2.05) is 0 Å². The Bertz CT molecular complexity index is 529. The number of hydrogen-bond donors (Lipinski definition) is 2. The number of anilines is 1. The van der Waals surface area contributed by atoms with Crippen molar-refractivity contribution in [1.82, 2.24) is 4.98 Å². The van der Waals surface area contributed by atoms with Crippen LogP contribution in [0.5, 0.6) is 0 Å². The summed E-state index contributed by atoms with van der Waals surface area (Å²) in [5, 5.41) is 2.50. The Hall–Kier alpha value is -2.24. The highest BCUT2D eigenvalue weighted by Gasteiger charge is 2.29. The molecule has 94 valence electrons. The Morgan fingerprint density at radius 1 is 1.11 bits per heavy atom. The summed E-state index contributed by atoms with van der Waals surface area (Å²) in [7, 11) is 0. The highest BCUT2D eigenvalue weighted by atomic mass is 19.4. The van der Waals surface area contributed by atoms with Crippen molar-refractivity contribution in [3.8, 4) is 0 Å². The third-order valence-corrected chi connectivity index (χ3v) is 2.33. The van der Waals surface area contributed by atoms with Gasteiger partial charge in [0.1, 0.15) is 0 Å². The van der Waals surface area contributed by atoms with E-state index >= 15 is 0 Å². The Morgan fingerprint density at radius 2 is 1.78 bits per heavy atom. The van der Waals surface area contributed by atoms with E-state index in [0.29, 0.717) is 11.3 Å². The van der Waals surface area contributed by atoms with Crippen LogP contribution in [0.3, 0.4) is 0 Å². The normalized spacial score (nSPS) is 11.3. The number of aromatic amines is 1. The summed E-state index contributed by atoms with van der Waals surface area (Å²) in [5.74, 6) is -0.379. The summed E-state index contributed by atoms with van der Waals surface area (Å²) in [6.07, 6.45) is -1.29. The third-order valence-electron chi connectivity index (χ3n) is 2.33. The average Bonchev–Trinajstić information content (AvgIpc) is 2.82. The number of amides is 1. The monoisotopic (exact) mass is 254 g/mol. The second-order valence-electron chi connectivity index (χ2n) is 3.63. The Balaban J connectivity index is 2.09. The third kappa shape index (κ3) is 2.71. The van der Waals surface area contributed by atoms with E-state index in [2.05, 4.69) is 10.3 Å². The number of alkyl halides is 3. The highest BCUT2D eigenvalue weighted by Crippen LogP contribution is 2.29. The fourth-order valence-electron chi connectivity index (χ4n) is 1.41. The smallest absolute Gasteiger partial charge is 0.367 e. The predicted molar refractivity (Wildman–Crippen MR) is 60.2 cm³/mol. The molecule has 3 nitrogen and oxygen atoms in total. The van der Waals surface area contributed by atoms with E-state index in [4.69, 9.17) is 0 Å². The molecule has 0 aliphatic heterocycles. The topological polar surface area (TPSA) is 44.9 Å². The molecule has 0 radical (unpaired) electrons. The van der Waals surface area contributed by atoms with Crippen molar-refractivity contribution >= 4 is 11.6 Å². The summed E-state index contributed by atoms with van der Waals surface area (Å²) in [4.78, 5) is 14.3. The fourth-order valence-corrected chi connectivity index (χ4v) is 1.41. The van der Waals surface area contributed by atoms with Crippen molar-refractivity contribution in [3.05, 3.63) is 53.9 Å². The van der Waals surface area contributed by atoms with E-state index in [-0.39, 0.29) is 5.91 Å². The summed E-state index contributed by atoms with van der Waals surface area (Å²) in [5.41, 5.74) is -0.0220. The lowest BCUT2D eigenvalue weighted by Gasteiger charge is -2.08. The molecule has 1 amide bonds. The Labute approximate surface area is 101 Å². The van der Waals surface area contributed by atoms with Gasteiger partial charge in [0.05, 0.1) is 11.1 Å². The van der Waals surface area contributed by atoms with E-state index in [0.717, 1.165) is 12.1 Å². The molecule has 0 saturated carbocycles. The maximum absolute atomic E-state index is 12.3. The molecule has 2 N–H and O–H groups in total. The molecule has 1 aromatic heterocycles. The lowest BCUT2D eigenvalue weighted by Crippen LogP contribution is -2.11. The van der Waals surface area contributed by atoms with Gasteiger partial charge in [-0.3, -0.25) is 4.79 Å². The van der Waals surface area contributed by atoms with Crippen molar-refractivity contribution in [2.75, 3.05) is 5.32 Å². The van der Waals surface area contributed by atoms with Crippen molar-refractivity contribution in [1.29, 1.82) is 0 Å². The first-order valence-electron chi connectivity index (χ1n) is 5.08. The molecule has 6 heteroatoms. The first-order valence-corrected chi connectivity index (χ1v) is 5.08. The SMILES string of the molecule is O=C(Nc1ccc(C(F)(F)F)cc1)c1cc[nH]c1. The van der Waals surface area contributed by atoms with E-state index < -0.39 is 11.7 Å². The number of aromatic nitrogens is 1. The summed E-state index contributed by atoms with van der Waals surface area (Å²) in [6, 6.07) is 5.85. The van der Waals surface area contributed by atoms with Crippen LogP contribution in [0.2, 0.25) is 0 Å². The van der Waals surface area contributed by atoms with Crippen molar-refractivity contribution < 1.29 is 18.0 Å². The second kappa shape index (κ2) is 4.56. The molecule has 2 aromatic rings. The number of rotatable bonds is 2. The van der Waals surface area contributed by atoms with Gasteiger partial charge < -0.3 is 10.3 Å². The molecule has 2 rings (SSSR count). The zero-order valence-electron chi connectivity index (χ0n) is 9.08. The summed E-state index contributed by atoms with van der Waals surface area (Å²) in [6.45, 7) is 0. The molecule has 0 aliphatic carbocycles. The van der Waals surface area contributed by atoms with Gasteiger partial charge in [0.2, 0.25) is 0 Å². The molecule has 0 saturated heterocycles. The first kappa shape index (κ1) is 12.2. The van der Waals surface area contributed by atoms with Crippen molar-refractivity contribution in [2.45, 2.75) is 6.18 Å². The van der Waals surface area contributed by atoms with E-state index in [1.54, 1.807) is 12.3 Å². The van der Waals surface area contributed by atoms with Gasteiger partial charge in [0.15, 0.2) is 0 Å². The summed E-state index contributed by atoms with van der Waals surface area (Å²) >= 11 is 0. The van der Waals surface area contributed by atoms with Crippen molar-refractivity contribution in [2.24, 2.45) is 0 Å². The maximum atomic E-state index is 12.3. The molecule has 0 atom stereocenters. The van der Waals surface area contributed by atoms with Crippen molar-refractivity contribution in [3.63, 3.8) is 0 Å². The van der Waals surface area contributed by atoms with Gasteiger partial charge in [-0.1, -0.05) is 0 Å². The summed E-state index contributed by atoms with van der Waals surface area (Å²) < 4.78 is 36.9. The largest absolute Gasteiger partial charge is 0.416 e. The van der Waals surface area contributed by atoms with Crippen LogP contribution in [0, 0.1) is 0 Å². The number of hydrogen-bond acceptors (Lipinski definition) is 1. The molecule has 1 heterocycles. The molecule has 1 aromatic carbocycles. The predicted octanol–water partition coefficient (Wildman–Crippen LogP) is 3.29. The number of carbonyl (C=O) groups excluding carboxylic acids is 1. The van der Waals surface area contributed by atoms with Gasteiger partial charge in [0.25, 0.3) is 5.91 Å². The molecule has 0 aliphatic rings. The van der Waals surface area contributed by atoms with E-state index in [1.165, 1.54) is 18.3 Å². The number of H-pyrrole nitrogens is 1. The number of carbonyl (C=O) groups is 1. The lowest BCUT2D eigenvalue weighted by atomic mass is 10.2. The van der Waals surface area contributed by atoms with Gasteiger partial charge in [-0.05, 0) is 30.3 Å². The first-order chi connectivity index (χ1) is 8.47. The zero-order valence-corrected chi connectivity index (χ0v) is 9.08. The Kier molecular flexibility index (Phi) is 3.10. The van der Waals surface area contributed by atoms with Crippen LogP contribution in [0.25, 0.3) is 0 Å². The number of halogens is 3. The zero-order chi connectivity index (χ0) is 13.2. The second-order valence-corrected chi connectivity index (χ2v) is 3.63. The molecule has 0 unspecified atom stereocenters. The standard InChI is InChI=1S/C12H9F3N2O/c13-12(14,15)9-1-3-10(4-2-9)17-11(18)8-5-6-16-7-8/h1-7,16H,(H,17,18). The minimum absolute atomic E-state index is 0.314. The van der Waals surface area contributed by atoms with Gasteiger partial charge >= 0.3 is 6.18 Å². The minimum atomic E-state index is -4.37. The quantitative estimate of drug-likeness (QED) is 0.848. The number of nitrogens with one attached hydrogen (secondary N) is 2. The molecule has 0 fully saturated rings. The maximum Gasteiger partial charge on any atom is 0.416 e. The Morgan fingerprint density at radius 3 is 2.28 bits per heavy atom. The van der Waals surface area contributed by atoms with Gasteiger partial charge in [-0.25, -0.2) is 0 Å². The minimum Gasteiger partial charge on any atom is -0.367 e. The van der Waals surface area contributed by atoms with Crippen LogP contribution in [0.1, 0.15) is 15.9 Å². The molecule has 0 spiro atoms. The highest BCUT2D eigenvalue weighted by molar-refractivity contribution is 6.04. The van der Waals surface area contributed by atoms with Crippen LogP contribution in [-0.4, -0.2) is 10.9 Å². The van der Waals surface area contributed by atoms with Crippen LogP contribution >= 0.6 is 0 Å². The number of benzene rings is 1. The average molecular weight is 254 g/mol. The lowest BCUT2D eigenvalue weighted by molar-refractivity contribution is -0.137. The van der Waals surface area contributed by atoms with Gasteiger partial charge in [-0.15, -0.1) is 0 Å². The molecule has 18 heavy (non-hydrogen) atoms. The van der Waals surface area contributed by atoms with Crippen LogP contribution in [0.15, 0.2) is 42.7 Å². The van der Waals surface area contributed by atoms with Crippen LogP contribution in [0.4, 0.5) is 18.9 Å². The van der Waals surface area contributed by atoms with E-state index in [9.17, 15) is 18.0 Å². The molecular formula is C12H9F3N2O. The van der Waals surface area contributed by atoms with Gasteiger partial charge in [-0.2, -0.15) is 13.2 Å².